The fraction of sp³-hybridized carbons (Fsp3) is 0.105. The van der Waals surface area contributed by atoms with Crippen molar-refractivity contribution in [2.24, 2.45) is 0 Å². The summed E-state index contributed by atoms with van der Waals surface area (Å²) < 4.78 is 42.0. The van der Waals surface area contributed by atoms with Gasteiger partial charge in [0.05, 0.1) is 27.5 Å². The lowest BCUT2D eigenvalue weighted by Crippen LogP contribution is -2.16. The monoisotopic (exact) mass is 447 g/mol. The molecule has 158 valence electrons. The van der Waals surface area contributed by atoms with E-state index in [4.69, 9.17) is 11.6 Å². The summed E-state index contributed by atoms with van der Waals surface area (Å²) in [7, 11) is 0. The first kappa shape index (κ1) is 20.5. The van der Waals surface area contributed by atoms with Crippen molar-refractivity contribution in [1.82, 2.24) is 29.5 Å². The Bertz CT molecular complexity index is 1230. The van der Waals surface area contributed by atoms with E-state index in [1.165, 1.54) is 35.7 Å². The van der Waals surface area contributed by atoms with E-state index in [1.807, 2.05) is 0 Å². The standard InChI is InChI=1S/C19H13ClF3N7O/c1-11-6-17(30(28-11)15-7-13(19(21,22)23)3-4-14(15)20)27-18(31)12-2-5-16(25-8-12)29-10-24-9-26-29/h2-10H,1H3,(H,27,31). The fourth-order valence-corrected chi connectivity index (χ4v) is 2.99. The van der Waals surface area contributed by atoms with Crippen LogP contribution in [0.1, 0.15) is 21.6 Å². The first-order valence-electron chi connectivity index (χ1n) is 8.78. The Morgan fingerprint density at radius 2 is 1.97 bits per heavy atom. The number of anilines is 1. The summed E-state index contributed by atoms with van der Waals surface area (Å²) >= 11 is 6.12. The van der Waals surface area contributed by atoms with E-state index in [1.54, 1.807) is 13.0 Å². The molecular weight excluding hydrogens is 435 g/mol. The van der Waals surface area contributed by atoms with Crippen LogP contribution in [0.25, 0.3) is 11.5 Å². The van der Waals surface area contributed by atoms with E-state index in [-0.39, 0.29) is 22.1 Å². The van der Waals surface area contributed by atoms with Crippen molar-refractivity contribution in [2.45, 2.75) is 13.1 Å². The molecule has 8 nitrogen and oxygen atoms in total. The van der Waals surface area contributed by atoms with Crippen molar-refractivity contribution in [2.75, 3.05) is 5.32 Å². The minimum absolute atomic E-state index is 0.0143. The van der Waals surface area contributed by atoms with Crippen molar-refractivity contribution >= 4 is 23.3 Å². The highest BCUT2D eigenvalue weighted by molar-refractivity contribution is 6.32. The minimum Gasteiger partial charge on any atom is -0.306 e. The van der Waals surface area contributed by atoms with Gasteiger partial charge < -0.3 is 5.32 Å². The first-order chi connectivity index (χ1) is 14.7. The molecule has 0 bridgehead atoms. The minimum atomic E-state index is -4.55. The molecule has 0 saturated carbocycles. The maximum atomic E-state index is 13.1. The number of rotatable bonds is 4. The number of nitrogens with one attached hydrogen (secondary N) is 1. The van der Waals surface area contributed by atoms with Crippen molar-refractivity contribution in [1.29, 1.82) is 0 Å². The highest BCUT2D eigenvalue weighted by Gasteiger charge is 2.31. The lowest BCUT2D eigenvalue weighted by atomic mass is 10.2. The predicted molar refractivity (Wildman–Crippen MR) is 105 cm³/mol. The quantitative estimate of drug-likeness (QED) is 0.509. The predicted octanol–water partition coefficient (Wildman–Crippen LogP) is 4.08. The van der Waals surface area contributed by atoms with E-state index in [0.29, 0.717) is 11.5 Å². The van der Waals surface area contributed by atoms with Crippen LogP contribution in [-0.4, -0.2) is 35.4 Å². The summed E-state index contributed by atoms with van der Waals surface area (Å²) in [5.41, 5.74) is -0.197. The number of benzene rings is 1. The number of hydrogen-bond acceptors (Lipinski definition) is 5. The lowest BCUT2D eigenvalue weighted by Gasteiger charge is -2.13. The van der Waals surface area contributed by atoms with Crippen LogP contribution in [-0.2, 0) is 6.18 Å². The van der Waals surface area contributed by atoms with Gasteiger partial charge >= 0.3 is 6.18 Å². The van der Waals surface area contributed by atoms with Gasteiger partial charge in [-0.05, 0) is 37.3 Å². The number of nitrogens with zero attached hydrogens (tertiary/aromatic N) is 6. The summed E-state index contributed by atoms with van der Waals surface area (Å²) in [4.78, 5) is 20.7. The zero-order valence-electron chi connectivity index (χ0n) is 15.8. The molecule has 0 saturated heterocycles. The number of alkyl halides is 3. The second-order valence-electron chi connectivity index (χ2n) is 6.45. The molecule has 0 fully saturated rings. The molecule has 0 atom stereocenters. The Hall–Kier alpha value is -3.73. The summed E-state index contributed by atoms with van der Waals surface area (Å²) in [6.07, 6.45) is -0.396. The largest absolute Gasteiger partial charge is 0.416 e. The molecule has 4 rings (SSSR count). The molecule has 0 spiro atoms. The second kappa shape index (κ2) is 7.84. The number of hydrogen-bond donors (Lipinski definition) is 1. The number of carbonyl (C=O) groups excluding carboxylic acids is 1. The van der Waals surface area contributed by atoms with Gasteiger partial charge in [-0.15, -0.1) is 0 Å². The van der Waals surface area contributed by atoms with Gasteiger partial charge in [-0.2, -0.15) is 23.4 Å². The van der Waals surface area contributed by atoms with Crippen LogP contribution in [0.4, 0.5) is 19.0 Å². The average molecular weight is 448 g/mol. The molecule has 0 aliphatic heterocycles. The molecule has 3 aromatic heterocycles. The van der Waals surface area contributed by atoms with Crippen LogP contribution in [0.5, 0.6) is 0 Å². The maximum Gasteiger partial charge on any atom is 0.416 e. The van der Waals surface area contributed by atoms with Crippen LogP contribution in [0.15, 0.2) is 55.2 Å². The van der Waals surface area contributed by atoms with Gasteiger partial charge in [0.25, 0.3) is 5.91 Å². The smallest absolute Gasteiger partial charge is 0.306 e. The number of carbonyl (C=O) groups is 1. The molecule has 3 heterocycles. The van der Waals surface area contributed by atoms with Gasteiger partial charge in [-0.1, -0.05) is 11.6 Å². The molecule has 31 heavy (non-hydrogen) atoms. The van der Waals surface area contributed by atoms with Crippen LogP contribution >= 0.6 is 11.6 Å². The topological polar surface area (TPSA) is 90.5 Å². The Morgan fingerprint density at radius 1 is 1.16 bits per heavy atom. The Labute approximate surface area is 178 Å². The van der Waals surface area contributed by atoms with Gasteiger partial charge in [-0.3, -0.25) is 4.79 Å². The molecular formula is C19H13ClF3N7O. The van der Waals surface area contributed by atoms with Crippen molar-refractivity contribution in [3.8, 4) is 11.5 Å². The van der Waals surface area contributed by atoms with Gasteiger partial charge in [0.2, 0.25) is 0 Å². The highest BCUT2D eigenvalue weighted by atomic mass is 35.5. The van der Waals surface area contributed by atoms with Crippen LogP contribution < -0.4 is 5.32 Å². The number of aryl methyl sites for hydroxylation is 1. The third-order valence-electron chi connectivity index (χ3n) is 4.24. The third-order valence-corrected chi connectivity index (χ3v) is 4.56. The highest BCUT2D eigenvalue weighted by Crippen LogP contribution is 2.34. The van der Waals surface area contributed by atoms with Gasteiger partial charge in [0.15, 0.2) is 5.82 Å². The lowest BCUT2D eigenvalue weighted by molar-refractivity contribution is -0.137. The normalized spacial score (nSPS) is 11.5. The number of aromatic nitrogens is 6. The summed E-state index contributed by atoms with van der Waals surface area (Å²) in [5.74, 6) is 0.0941. The van der Waals surface area contributed by atoms with E-state index in [0.717, 1.165) is 22.9 Å². The molecule has 0 radical (unpaired) electrons. The average Bonchev–Trinajstić information content (AvgIpc) is 3.37. The van der Waals surface area contributed by atoms with Crippen LogP contribution in [0.3, 0.4) is 0 Å². The Balaban J connectivity index is 1.63. The second-order valence-corrected chi connectivity index (χ2v) is 6.85. The van der Waals surface area contributed by atoms with Gasteiger partial charge in [-0.25, -0.2) is 19.3 Å². The number of amides is 1. The van der Waals surface area contributed by atoms with Crippen molar-refractivity contribution in [3.05, 3.63) is 77.1 Å². The summed E-state index contributed by atoms with van der Waals surface area (Å²) in [6, 6.07) is 7.52. The Kier molecular flexibility index (Phi) is 5.19. The van der Waals surface area contributed by atoms with Crippen LogP contribution in [0.2, 0.25) is 5.02 Å². The zero-order chi connectivity index (χ0) is 22.2. The Morgan fingerprint density at radius 3 is 2.61 bits per heavy atom. The number of halogens is 4. The molecule has 1 amide bonds. The molecule has 12 heteroatoms. The molecule has 0 unspecified atom stereocenters. The van der Waals surface area contributed by atoms with Crippen molar-refractivity contribution in [3.63, 3.8) is 0 Å². The molecule has 0 aliphatic carbocycles. The van der Waals surface area contributed by atoms with E-state index >= 15 is 0 Å². The van der Waals surface area contributed by atoms with E-state index in [9.17, 15) is 18.0 Å². The van der Waals surface area contributed by atoms with E-state index < -0.39 is 17.6 Å². The summed E-state index contributed by atoms with van der Waals surface area (Å²) in [6.45, 7) is 1.64. The first-order valence-corrected chi connectivity index (χ1v) is 9.16. The summed E-state index contributed by atoms with van der Waals surface area (Å²) in [5, 5.41) is 10.8. The van der Waals surface area contributed by atoms with E-state index in [2.05, 4.69) is 25.5 Å². The zero-order valence-corrected chi connectivity index (χ0v) is 16.6. The van der Waals surface area contributed by atoms with Gasteiger partial charge in [0.1, 0.15) is 18.5 Å². The SMILES string of the molecule is Cc1cc(NC(=O)c2ccc(-n3cncn3)nc2)n(-c2cc(C(F)(F)F)ccc2Cl)n1. The van der Waals surface area contributed by atoms with Gasteiger partial charge in [0, 0.05) is 12.3 Å². The molecule has 1 N–H and O–H groups in total. The number of pyridine rings is 1. The molecule has 4 aromatic rings. The molecule has 1 aromatic carbocycles. The molecule has 0 aliphatic rings. The van der Waals surface area contributed by atoms with Crippen LogP contribution in [0, 0.1) is 6.92 Å². The van der Waals surface area contributed by atoms with Crippen molar-refractivity contribution < 1.29 is 18.0 Å². The maximum absolute atomic E-state index is 13.1. The fourth-order valence-electron chi connectivity index (χ4n) is 2.79. The third kappa shape index (κ3) is 4.26.